The van der Waals surface area contributed by atoms with E-state index in [1.165, 1.54) is 0 Å². The fraction of sp³-hybridized carbons (Fsp3) is 0.533. The van der Waals surface area contributed by atoms with Gasteiger partial charge in [-0.2, -0.15) is 13.2 Å². The second-order valence-corrected chi connectivity index (χ2v) is 5.34. The molecule has 1 aromatic rings. The van der Waals surface area contributed by atoms with Crippen LogP contribution in [0.3, 0.4) is 0 Å². The van der Waals surface area contributed by atoms with Crippen molar-refractivity contribution in [3.63, 3.8) is 0 Å². The van der Waals surface area contributed by atoms with Gasteiger partial charge in [0, 0.05) is 13.1 Å². The van der Waals surface area contributed by atoms with Gasteiger partial charge < -0.3 is 10.2 Å². The molecule has 3 nitrogen and oxygen atoms in total. The predicted molar refractivity (Wildman–Crippen MR) is 73.5 cm³/mol. The van der Waals surface area contributed by atoms with E-state index in [0.29, 0.717) is 18.5 Å². The molecule has 1 unspecified atom stereocenters. The van der Waals surface area contributed by atoms with E-state index in [0.717, 1.165) is 17.9 Å². The largest absolute Gasteiger partial charge is 0.406 e. The van der Waals surface area contributed by atoms with Crippen LogP contribution in [0.2, 0.25) is 0 Å². The van der Waals surface area contributed by atoms with E-state index < -0.39 is 18.6 Å². The quantitative estimate of drug-likeness (QED) is 0.927. The Balaban J connectivity index is 2.09. The number of benzene rings is 1. The molecule has 0 bridgehead atoms. The first-order valence-corrected chi connectivity index (χ1v) is 7.06. The molecule has 1 amide bonds. The van der Waals surface area contributed by atoms with E-state index in [1.54, 1.807) is 30.3 Å². The normalized spacial score (nSPS) is 19.3. The first-order valence-electron chi connectivity index (χ1n) is 7.06. The van der Waals surface area contributed by atoms with Crippen molar-refractivity contribution >= 4 is 5.91 Å². The van der Waals surface area contributed by atoms with Crippen LogP contribution >= 0.6 is 0 Å². The van der Waals surface area contributed by atoms with Crippen molar-refractivity contribution in [1.82, 2.24) is 10.2 Å². The van der Waals surface area contributed by atoms with Crippen LogP contribution in [0.15, 0.2) is 30.3 Å². The fourth-order valence-electron chi connectivity index (χ4n) is 2.55. The van der Waals surface area contributed by atoms with Gasteiger partial charge in [0.1, 0.15) is 6.54 Å². The number of piperidine rings is 1. The number of alkyl halides is 3. The Morgan fingerprint density at radius 2 is 2.00 bits per heavy atom. The van der Waals surface area contributed by atoms with Crippen molar-refractivity contribution in [2.75, 3.05) is 19.6 Å². The molecule has 1 aliphatic heterocycles. The van der Waals surface area contributed by atoms with Gasteiger partial charge in [-0.05, 0) is 24.9 Å². The molecule has 2 rings (SSSR count). The fourth-order valence-corrected chi connectivity index (χ4v) is 2.55. The van der Waals surface area contributed by atoms with Crippen LogP contribution < -0.4 is 5.32 Å². The lowest BCUT2D eigenvalue weighted by molar-refractivity contribution is -0.165. The summed E-state index contributed by atoms with van der Waals surface area (Å²) in [6.07, 6.45) is -2.91. The number of carbonyl (C=O) groups excluding carboxylic acids is 1. The third-order valence-corrected chi connectivity index (χ3v) is 3.54. The number of nitrogens with one attached hydrogen (secondary N) is 1. The number of rotatable bonds is 4. The predicted octanol–water partition coefficient (Wildman–Crippen LogP) is 2.58. The van der Waals surface area contributed by atoms with Crippen molar-refractivity contribution in [2.24, 2.45) is 5.92 Å². The van der Waals surface area contributed by atoms with Crippen molar-refractivity contribution in [3.05, 3.63) is 35.9 Å². The minimum absolute atomic E-state index is 0.00428. The first kappa shape index (κ1) is 15.8. The Kier molecular flexibility index (Phi) is 5.22. The van der Waals surface area contributed by atoms with Gasteiger partial charge >= 0.3 is 6.18 Å². The molecule has 1 heterocycles. The molecule has 0 saturated carbocycles. The third kappa shape index (κ3) is 5.04. The third-order valence-electron chi connectivity index (χ3n) is 3.54. The molecule has 0 aliphatic carbocycles. The van der Waals surface area contributed by atoms with Crippen LogP contribution in [0.4, 0.5) is 13.2 Å². The zero-order chi connectivity index (χ0) is 15.3. The Labute approximate surface area is 122 Å². The topological polar surface area (TPSA) is 32.3 Å². The Morgan fingerprint density at radius 3 is 2.57 bits per heavy atom. The summed E-state index contributed by atoms with van der Waals surface area (Å²) in [5, 5.41) is 3.07. The monoisotopic (exact) mass is 300 g/mol. The van der Waals surface area contributed by atoms with Crippen LogP contribution in [-0.2, 0) is 11.3 Å². The summed E-state index contributed by atoms with van der Waals surface area (Å²) < 4.78 is 38.2. The molecule has 6 heteroatoms. The molecule has 0 aromatic heterocycles. The number of amides is 1. The van der Waals surface area contributed by atoms with E-state index in [4.69, 9.17) is 0 Å². The van der Waals surface area contributed by atoms with E-state index in [9.17, 15) is 18.0 Å². The highest BCUT2D eigenvalue weighted by Crippen LogP contribution is 2.22. The van der Waals surface area contributed by atoms with Gasteiger partial charge in [-0.25, -0.2) is 0 Å². The number of halogens is 3. The van der Waals surface area contributed by atoms with Gasteiger partial charge in [-0.15, -0.1) is 0 Å². The van der Waals surface area contributed by atoms with E-state index in [1.807, 2.05) is 0 Å². The van der Waals surface area contributed by atoms with Crippen molar-refractivity contribution in [2.45, 2.75) is 25.6 Å². The van der Waals surface area contributed by atoms with E-state index in [2.05, 4.69) is 5.32 Å². The van der Waals surface area contributed by atoms with Crippen molar-refractivity contribution in [1.29, 1.82) is 0 Å². The molecule has 1 fully saturated rings. The van der Waals surface area contributed by atoms with Gasteiger partial charge in [-0.1, -0.05) is 30.3 Å². The van der Waals surface area contributed by atoms with Crippen LogP contribution in [0.5, 0.6) is 0 Å². The lowest BCUT2D eigenvalue weighted by atomic mass is 9.98. The molecule has 1 atom stereocenters. The maximum atomic E-state index is 12.7. The molecule has 21 heavy (non-hydrogen) atoms. The summed E-state index contributed by atoms with van der Waals surface area (Å²) >= 11 is 0. The SMILES string of the molecule is O=C(C1CCCNC1)N(Cc1ccccc1)CC(F)(F)F. The second kappa shape index (κ2) is 6.93. The standard InChI is InChI=1S/C15H19F3N2O/c16-15(17,18)11-20(10-12-5-2-1-3-6-12)14(21)13-7-4-8-19-9-13/h1-3,5-6,13,19H,4,7-11H2. The summed E-state index contributed by atoms with van der Waals surface area (Å²) in [6, 6.07) is 8.78. The van der Waals surface area contributed by atoms with Gasteiger partial charge in [0.15, 0.2) is 0 Å². The maximum Gasteiger partial charge on any atom is 0.406 e. The summed E-state index contributed by atoms with van der Waals surface area (Å²) in [5.41, 5.74) is 0.707. The summed E-state index contributed by atoms with van der Waals surface area (Å²) in [5.74, 6) is -0.770. The molecule has 1 aromatic carbocycles. The average Bonchev–Trinajstić information content (AvgIpc) is 2.46. The molecular formula is C15H19F3N2O. The molecule has 0 spiro atoms. The average molecular weight is 300 g/mol. The summed E-state index contributed by atoms with van der Waals surface area (Å²) in [6.45, 7) is 0.0800. The maximum absolute atomic E-state index is 12.7. The van der Waals surface area contributed by atoms with E-state index >= 15 is 0 Å². The van der Waals surface area contributed by atoms with Gasteiger partial charge in [0.05, 0.1) is 5.92 Å². The van der Waals surface area contributed by atoms with Crippen molar-refractivity contribution in [3.8, 4) is 0 Å². The lowest BCUT2D eigenvalue weighted by Crippen LogP contribution is -2.46. The second-order valence-electron chi connectivity index (χ2n) is 5.34. The minimum atomic E-state index is -4.38. The minimum Gasteiger partial charge on any atom is -0.329 e. The first-order chi connectivity index (χ1) is 9.96. The van der Waals surface area contributed by atoms with Crippen LogP contribution in [0.25, 0.3) is 0 Å². The van der Waals surface area contributed by atoms with Gasteiger partial charge in [-0.3, -0.25) is 4.79 Å². The van der Waals surface area contributed by atoms with E-state index in [-0.39, 0.29) is 12.5 Å². The molecule has 1 N–H and O–H groups in total. The van der Waals surface area contributed by atoms with Crippen molar-refractivity contribution < 1.29 is 18.0 Å². The van der Waals surface area contributed by atoms with Gasteiger partial charge in [0.25, 0.3) is 0 Å². The summed E-state index contributed by atoms with van der Waals surface area (Å²) in [4.78, 5) is 13.3. The number of carbonyl (C=O) groups is 1. The zero-order valence-corrected chi connectivity index (χ0v) is 11.7. The van der Waals surface area contributed by atoms with Gasteiger partial charge in [0.2, 0.25) is 5.91 Å². The smallest absolute Gasteiger partial charge is 0.329 e. The number of nitrogens with zero attached hydrogens (tertiary/aromatic N) is 1. The Hall–Kier alpha value is -1.56. The molecule has 1 aliphatic rings. The molecule has 116 valence electrons. The summed E-state index contributed by atoms with van der Waals surface area (Å²) in [7, 11) is 0. The Bertz CT molecular complexity index is 456. The lowest BCUT2D eigenvalue weighted by Gasteiger charge is -2.30. The number of hydrogen-bond acceptors (Lipinski definition) is 2. The number of hydrogen-bond donors (Lipinski definition) is 1. The highest BCUT2D eigenvalue weighted by atomic mass is 19.4. The molecule has 0 radical (unpaired) electrons. The van der Waals surface area contributed by atoms with Crippen LogP contribution in [0, 0.1) is 5.92 Å². The highest BCUT2D eigenvalue weighted by Gasteiger charge is 2.35. The Morgan fingerprint density at radius 1 is 1.29 bits per heavy atom. The zero-order valence-electron chi connectivity index (χ0n) is 11.7. The molecule has 1 saturated heterocycles. The van der Waals surface area contributed by atoms with Crippen LogP contribution in [0.1, 0.15) is 18.4 Å². The molecular weight excluding hydrogens is 281 g/mol. The highest BCUT2D eigenvalue weighted by molar-refractivity contribution is 5.79. The van der Waals surface area contributed by atoms with Crippen LogP contribution in [-0.4, -0.2) is 36.6 Å².